The Labute approximate surface area is 119 Å². The van der Waals surface area contributed by atoms with Crippen LogP contribution < -0.4 is 0 Å². The zero-order chi connectivity index (χ0) is 13.9. The van der Waals surface area contributed by atoms with E-state index in [1.165, 1.54) is 0 Å². The molecule has 0 amide bonds. The number of nitrogens with zero attached hydrogens (tertiary/aromatic N) is 3. The number of aromatic nitrogens is 2. The van der Waals surface area contributed by atoms with Crippen LogP contribution in [0, 0.1) is 0 Å². The van der Waals surface area contributed by atoms with Gasteiger partial charge in [0.25, 0.3) is 0 Å². The first-order valence-electron chi connectivity index (χ1n) is 7.51. The highest BCUT2D eigenvalue weighted by Gasteiger charge is 2.27. The highest BCUT2D eigenvalue weighted by Crippen LogP contribution is 2.28. The zero-order valence-corrected chi connectivity index (χ0v) is 12.2. The van der Waals surface area contributed by atoms with Gasteiger partial charge in [0.1, 0.15) is 0 Å². The summed E-state index contributed by atoms with van der Waals surface area (Å²) in [4.78, 5) is 2.40. The number of ether oxygens (including phenoxy) is 2. The minimum absolute atomic E-state index is 0.0394. The lowest BCUT2D eigenvalue weighted by atomic mass is 9.97. The van der Waals surface area contributed by atoms with Gasteiger partial charge in [0.15, 0.2) is 6.29 Å². The summed E-state index contributed by atoms with van der Waals surface area (Å²) < 4.78 is 16.7. The molecule has 3 heterocycles. The van der Waals surface area contributed by atoms with Crippen LogP contribution in [-0.4, -0.2) is 54.2 Å². The number of likely N-dealkylation sites (tertiary alicyclic amines) is 1. The molecule has 1 aromatic heterocycles. The minimum Gasteiger partial charge on any atom is -0.425 e. The normalized spacial score (nSPS) is 22.9. The monoisotopic (exact) mass is 281 g/mol. The van der Waals surface area contributed by atoms with E-state index < -0.39 is 0 Å². The quantitative estimate of drug-likeness (QED) is 0.838. The van der Waals surface area contributed by atoms with Gasteiger partial charge in [-0.2, -0.15) is 0 Å². The largest absolute Gasteiger partial charge is 0.425 e. The summed E-state index contributed by atoms with van der Waals surface area (Å²) in [5, 5.41) is 8.33. The van der Waals surface area contributed by atoms with Crippen molar-refractivity contribution >= 4 is 0 Å². The molecule has 20 heavy (non-hydrogen) atoms. The standard InChI is InChI=1S/C14H23N3O3/c1-10(2)13-15-16-14(20-13)11-3-5-17(6-4-11)9-12-18-7-8-19-12/h10-12H,3-9H2,1-2H3. The highest BCUT2D eigenvalue weighted by atomic mass is 16.7. The number of hydrogen-bond donors (Lipinski definition) is 0. The maximum absolute atomic E-state index is 5.76. The average Bonchev–Trinajstić information content (AvgIpc) is 3.10. The molecule has 0 unspecified atom stereocenters. The Kier molecular flexibility index (Phi) is 4.33. The fraction of sp³-hybridized carbons (Fsp3) is 0.857. The van der Waals surface area contributed by atoms with Crippen LogP contribution in [0.4, 0.5) is 0 Å². The molecule has 1 aromatic rings. The van der Waals surface area contributed by atoms with Crippen LogP contribution in [0.15, 0.2) is 4.42 Å². The fourth-order valence-electron chi connectivity index (χ4n) is 2.73. The van der Waals surface area contributed by atoms with Crippen LogP contribution in [0.2, 0.25) is 0 Å². The molecule has 0 spiro atoms. The summed E-state index contributed by atoms with van der Waals surface area (Å²) in [7, 11) is 0. The van der Waals surface area contributed by atoms with Crippen molar-refractivity contribution in [3.63, 3.8) is 0 Å². The zero-order valence-electron chi connectivity index (χ0n) is 12.2. The van der Waals surface area contributed by atoms with Crippen molar-refractivity contribution < 1.29 is 13.9 Å². The van der Waals surface area contributed by atoms with Gasteiger partial charge in [-0.15, -0.1) is 10.2 Å². The van der Waals surface area contributed by atoms with Crippen LogP contribution in [0.5, 0.6) is 0 Å². The minimum atomic E-state index is -0.0394. The topological polar surface area (TPSA) is 60.6 Å². The predicted molar refractivity (Wildman–Crippen MR) is 72.5 cm³/mol. The molecule has 3 rings (SSSR count). The van der Waals surface area contributed by atoms with Gasteiger partial charge in [0.05, 0.1) is 13.2 Å². The van der Waals surface area contributed by atoms with Crippen LogP contribution in [0.3, 0.4) is 0 Å². The summed E-state index contributed by atoms with van der Waals surface area (Å²) in [5.74, 6) is 2.25. The van der Waals surface area contributed by atoms with E-state index in [9.17, 15) is 0 Å². The van der Waals surface area contributed by atoms with E-state index in [4.69, 9.17) is 13.9 Å². The molecule has 2 saturated heterocycles. The molecule has 0 aliphatic carbocycles. The first kappa shape index (κ1) is 14.0. The predicted octanol–water partition coefficient (Wildman–Crippen LogP) is 1.75. The van der Waals surface area contributed by atoms with Gasteiger partial charge in [-0.25, -0.2) is 0 Å². The van der Waals surface area contributed by atoms with Gasteiger partial charge in [-0.05, 0) is 25.9 Å². The van der Waals surface area contributed by atoms with E-state index in [0.29, 0.717) is 11.8 Å². The number of piperidine rings is 1. The van der Waals surface area contributed by atoms with Gasteiger partial charge in [0.2, 0.25) is 11.8 Å². The summed E-state index contributed by atoms with van der Waals surface area (Å²) in [5.41, 5.74) is 0. The smallest absolute Gasteiger partial charge is 0.219 e. The van der Waals surface area contributed by atoms with Crippen LogP contribution in [0.25, 0.3) is 0 Å². The summed E-state index contributed by atoms with van der Waals surface area (Å²) in [6, 6.07) is 0. The molecule has 6 nitrogen and oxygen atoms in total. The first-order valence-corrected chi connectivity index (χ1v) is 7.51. The number of hydrogen-bond acceptors (Lipinski definition) is 6. The molecule has 0 atom stereocenters. The molecule has 0 radical (unpaired) electrons. The summed E-state index contributed by atoms with van der Waals surface area (Å²) in [6.45, 7) is 8.53. The van der Waals surface area contributed by atoms with Gasteiger partial charge in [0, 0.05) is 18.4 Å². The molecule has 2 aliphatic rings. The van der Waals surface area contributed by atoms with Crippen molar-refractivity contribution in [1.82, 2.24) is 15.1 Å². The third kappa shape index (κ3) is 3.19. The maximum Gasteiger partial charge on any atom is 0.219 e. The van der Waals surface area contributed by atoms with Crippen molar-refractivity contribution in [1.29, 1.82) is 0 Å². The molecular weight excluding hydrogens is 258 g/mol. The van der Waals surface area contributed by atoms with Crippen LogP contribution in [0.1, 0.15) is 50.3 Å². The lowest BCUT2D eigenvalue weighted by molar-refractivity contribution is -0.0650. The molecular formula is C14H23N3O3. The van der Waals surface area contributed by atoms with E-state index in [2.05, 4.69) is 28.9 Å². The molecule has 0 saturated carbocycles. The summed E-state index contributed by atoms with van der Waals surface area (Å²) in [6.07, 6.45) is 2.08. The Morgan fingerprint density at radius 3 is 2.45 bits per heavy atom. The third-order valence-electron chi connectivity index (χ3n) is 3.99. The van der Waals surface area contributed by atoms with E-state index in [1.807, 2.05) is 0 Å². The second kappa shape index (κ2) is 6.20. The molecule has 6 heteroatoms. The first-order chi connectivity index (χ1) is 9.72. The second-order valence-corrected chi connectivity index (χ2v) is 5.88. The maximum atomic E-state index is 5.76. The number of rotatable bonds is 4. The van der Waals surface area contributed by atoms with Gasteiger partial charge < -0.3 is 13.9 Å². The summed E-state index contributed by atoms with van der Waals surface area (Å²) >= 11 is 0. The van der Waals surface area contributed by atoms with E-state index in [0.717, 1.165) is 57.5 Å². The Morgan fingerprint density at radius 1 is 1.15 bits per heavy atom. The van der Waals surface area contributed by atoms with Gasteiger partial charge >= 0.3 is 0 Å². The molecule has 2 aliphatic heterocycles. The highest BCUT2D eigenvalue weighted by molar-refractivity contribution is 4.96. The Morgan fingerprint density at radius 2 is 1.85 bits per heavy atom. The van der Waals surface area contributed by atoms with E-state index in [-0.39, 0.29) is 6.29 Å². The Bertz CT molecular complexity index is 421. The molecule has 0 bridgehead atoms. The van der Waals surface area contributed by atoms with Crippen LogP contribution >= 0.6 is 0 Å². The van der Waals surface area contributed by atoms with Crippen molar-refractivity contribution in [3.05, 3.63) is 11.8 Å². The average molecular weight is 281 g/mol. The molecule has 0 aromatic carbocycles. The molecule has 112 valence electrons. The molecule has 2 fully saturated rings. The van der Waals surface area contributed by atoms with Crippen LogP contribution in [-0.2, 0) is 9.47 Å². The van der Waals surface area contributed by atoms with Gasteiger partial charge in [-0.3, -0.25) is 4.90 Å². The van der Waals surface area contributed by atoms with Crippen molar-refractivity contribution in [2.24, 2.45) is 0 Å². The lowest BCUT2D eigenvalue weighted by Crippen LogP contribution is -2.38. The lowest BCUT2D eigenvalue weighted by Gasteiger charge is -2.31. The van der Waals surface area contributed by atoms with Gasteiger partial charge in [-0.1, -0.05) is 13.8 Å². The third-order valence-corrected chi connectivity index (χ3v) is 3.99. The van der Waals surface area contributed by atoms with E-state index in [1.54, 1.807) is 0 Å². The Hall–Kier alpha value is -0.980. The van der Waals surface area contributed by atoms with E-state index >= 15 is 0 Å². The fourth-order valence-corrected chi connectivity index (χ4v) is 2.73. The van der Waals surface area contributed by atoms with Crippen molar-refractivity contribution in [3.8, 4) is 0 Å². The second-order valence-electron chi connectivity index (χ2n) is 5.88. The van der Waals surface area contributed by atoms with Crippen molar-refractivity contribution in [2.75, 3.05) is 32.8 Å². The Balaban J connectivity index is 1.49. The van der Waals surface area contributed by atoms with Crippen molar-refractivity contribution in [2.45, 2.75) is 44.8 Å². The SMILES string of the molecule is CC(C)c1nnc(C2CCN(CC3OCCO3)CC2)o1. The molecule has 0 N–H and O–H groups in total.